The molecule has 0 aliphatic rings. The summed E-state index contributed by atoms with van der Waals surface area (Å²) in [7, 11) is 0. The van der Waals surface area contributed by atoms with E-state index in [1.807, 2.05) is 0 Å². The van der Waals surface area contributed by atoms with Crippen LogP contribution in [0, 0.1) is 11.3 Å². The lowest BCUT2D eigenvalue weighted by Crippen LogP contribution is -2.17. The van der Waals surface area contributed by atoms with Crippen molar-refractivity contribution in [2.75, 3.05) is 0 Å². The van der Waals surface area contributed by atoms with Gasteiger partial charge in [0.15, 0.2) is 0 Å². The fraction of sp³-hybridized carbons (Fsp3) is 0.400. The normalized spacial score (nSPS) is 11.7. The van der Waals surface area contributed by atoms with E-state index in [0.717, 1.165) is 0 Å². The molecule has 98 valence electrons. The quantitative estimate of drug-likeness (QED) is 0.854. The minimum atomic E-state index is -4.79. The van der Waals surface area contributed by atoms with Crippen molar-refractivity contribution in [2.45, 2.75) is 25.6 Å². The van der Waals surface area contributed by atoms with Gasteiger partial charge in [-0.05, 0) is 11.6 Å². The second-order valence-electron chi connectivity index (χ2n) is 3.37. The van der Waals surface area contributed by atoms with E-state index in [2.05, 4.69) is 4.98 Å². The lowest BCUT2D eigenvalue weighted by atomic mass is 10.1. The average Bonchev–Trinajstić information content (AvgIpc) is 2.27. The molecule has 1 aromatic heterocycles. The van der Waals surface area contributed by atoms with E-state index < -0.39 is 48.1 Å². The van der Waals surface area contributed by atoms with Crippen LogP contribution >= 0.6 is 0 Å². The highest BCUT2D eigenvalue weighted by Gasteiger charge is 2.36. The Kier molecular flexibility index (Phi) is 4.19. The van der Waals surface area contributed by atoms with E-state index in [1.54, 1.807) is 0 Å². The van der Waals surface area contributed by atoms with E-state index in [-0.39, 0.29) is 0 Å². The molecule has 0 saturated carbocycles. The van der Waals surface area contributed by atoms with Crippen LogP contribution in [0.3, 0.4) is 0 Å². The van der Waals surface area contributed by atoms with Crippen LogP contribution in [0.2, 0.25) is 0 Å². The molecule has 0 amide bonds. The van der Waals surface area contributed by atoms with Crippen molar-refractivity contribution in [2.24, 2.45) is 5.73 Å². The first-order valence-corrected chi connectivity index (χ1v) is 4.76. The molecule has 2 N–H and O–H groups in total. The number of rotatable bonds is 3. The number of hydrogen-bond acceptors (Lipinski definition) is 3. The molecule has 0 saturated heterocycles. The topological polar surface area (TPSA) is 62.7 Å². The Balaban J connectivity index is 3.47. The Morgan fingerprint density at radius 1 is 1.39 bits per heavy atom. The Bertz CT molecular complexity index is 476. The third kappa shape index (κ3) is 2.92. The Morgan fingerprint density at radius 3 is 2.39 bits per heavy atom. The molecule has 0 unspecified atom stereocenters. The van der Waals surface area contributed by atoms with E-state index >= 15 is 0 Å². The number of aromatic nitrogens is 1. The summed E-state index contributed by atoms with van der Waals surface area (Å²) >= 11 is 0. The SMILES string of the molecule is N#CCc1nc(C(F)(F)F)c(CN)cc1C(F)F. The van der Waals surface area contributed by atoms with E-state index in [4.69, 9.17) is 11.0 Å². The number of nitrogens with two attached hydrogens (primary N) is 1. The summed E-state index contributed by atoms with van der Waals surface area (Å²) in [4.78, 5) is 3.12. The van der Waals surface area contributed by atoms with Crippen molar-refractivity contribution in [1.29, 1.82) is 5.26 Å². The molecular formula is C10H8F5N3. The van der Waals surface area contributed by atoms with Crippen molar-refractivity contribution in [3.05, 3.63) is 28.6 Å². The number of alkyl halides is 5. The summed E-state index contributed by atoms with van der Waals surface area (Å²) in [6.07, 6.45) is -8.42. The molecule has 0 bridgehead atoms. The van der Waals surface area contributed by atoms with Gasteiger partial charge in [0.05, 0.1) is 18.2 Å². The molecule has 0 spiro atoms. The van der Waals surface area contributed by atoms with Gasteiger partial charge in [-0.15, -0.1) is 0 Å². The van der Waals surface area contributed by atoms with Crippen LogP contribution in [-0.2, 0) is 19.1 Å². The van der Waals surface area contributed by atoms with Gasteiger partial charge in [0.2, 0.25) is 0 Å². The highest BCUT2D eigenvalue weighted by molar-refractivity contribution is 5.34. The first-order valence-electron chi connectivity index (χ1n) is 4.76. The molecule has 3 nitrogen and oxygen atoms in total. The first-order chi connectivity index (χ1) is 8.31. The monoisotopic (exact) mass is 265 g/mol. The molecule has 0 fully saturated rings. The van der Waals surface area contributed by atoms with Crippen molar-refractivity contribution in [3.63, 3.8) is 0 Å². The average molecular weight is 265 g/mol. The zero-order valence-corrected chi connectivity index (χ0v) is 8.93. The minimum absolute atomic E-state index is 0.514. The lowest BCUT2D eigenvalue weighted by Gasteiger charge is -2.14. The molecule has 1 aromatic rings. The van der Waals surface area contributed by atoms with Gasteiger partial charge < -0.3 is 5.73 Å². The zero-order chi connectivity index (χ0) is 13.9. The Morgan fingerprint density at radius 2 is 2.00 bits per heavy atom. The predicted molar refractivity (Wildman–Crippen MR) is 51.4 cm³/mol. The van der Waals surface area contributed by atoms with Gasteiger partial charge in [0.1, 0.15) is 5.69 Å². The molecule has 8 heteroatoms. The fourth-order valence-electron chi connectivity index (χ4n) is 1.42. The van der Waals surface area contributed by atoms with Crippen LogP contribution in [0.4, 0.5) is 22.0 Å². The van der Waals surface area contributed by atoms with Crippen LogP contribution < -0.4 is 5.73 Å². The minimum Gasteiger partial charge on any atom is -0.326 e. The predicted octanol–water partition coefficient (Wildman–Crippen LogP) is 2.56. The van der Waals surface area contributed by atoms with Crippen LogP contribution in [0.25, 0.3) is 0 Å². The Hall–Kier alpha value is -1.75. The third-order valence-electron chi connectivity index (χ3n) is 2.18. The lowest BCUT2D eigenvalue weighted by molar-refractivity contribution is -0.142. The standard InChI is InChI=1S/C10H8F5N3/c11-9(12)6-3-5(4-17)8(10(13,14)15)18-7(6)1-2-16/h3,9H,1,4,17H2. The molecule has 18 heavy (non-hydrogen) atoms. The molecule has 1 heterocycles. The van der Waals surface area contributed by atoms with Gasteiger partial charge in [0, 0.05) is 12.1 Å². The molecule has 0 atom stereocenters. The van der Waals surface area contributed by atoms with Crippen LogP contribution in [-0.4, -0.2) is 4.98 Å². The van der Waals surface area contributed by atoms with Gasteiger partial charge in [-0.25, -0.2) is 13.8 Å². The summed E-state index contributed by atoms with van der Waals surface area (Å²) in [5, 5.41) is 8.41. The maximum absolute atomic E-state index is 12.6. The molecule has 1 rings (SSSR count). The highest BCUT2D eigenvalue weighted by Crippen LogP contribution is 2.33. The largest absolute Gasteiger partial charge is 0.433 e. The molecule has 0 radical (unpaired) electrons. The van der Waals surface area contributed by atoms with E-state index in [0.29, 0.717) is 6.07 Å². The third-order valence-corrected chi connectivity index (χ3v) is 2.18. The van der Waals surface area contributed by atoms with E-state index in [1.165, 1.54) is 6.07 Å². The van der Waals surface area contributed by atoms with Gasteiger partial charge in [-0.2, -0.15) is 18.4 Å². The Labute approximate surface area is 99.0 Å². The molecule has 0 aliphatic heterocycles. The molecule has 0 aliphatic carbocycles. The molecular weight excluding hydrogens is 257 g/mol. The maximum atomic E-state index is 12.6. The smallest absolute Gasteiger partial charge is 0.326 e. The van der Waals surface area contributed by atoms with Crippen molar-refractivity contribution < 1.29 is 22.0 Å². The van der Waals surface area contributed by atoms with E-state index in [9.17, 15) is 22.0 Å². The van der Waals surface area contributed by atoms with Gasteiger partial charge in [-0.1, -0.05) is 0 Å². The second-order valence-corrected chi connectivity index (χ2v) is 3.37. The van der Waals surface area contributed by atoms with Crippen LogP contribution in [0.1, 0.15) is 28.9 Å². The fourth-order valence-corrected chi connectivity index (χ4v) is 1.42. The van der Waals surface area contributed by atoms with Gasteiger partial charge >= 0.3 is 6.18 Å². The zero-order valence-electron chi connectivity index (χ0n) is 8.93. The summed E-state index contributed by atoms with van der Waals surface area (Å²) in [5.41, 5.74) is 1.99. The first kappa shape index (κ1) is 14.3. The van der Waals surface area contributed by atoms with Crippen molar-refractivity contribution in [1.82, 2.24) is 4.98 Å². The molecule has 0 aromatic carbocycles. The van der Waals surface area contributed by atoms with Crippen LogP contribution in [0.15, 0.2) is 6.07 Å². The number of nitriles is 1. The number of nitrogens with zero attached hydrogens (tertiary/aromatic N) is 2. The highest BCUT2D eigenvalue weighted by atomic mass is 19.4. The van der Waals surface area contributed by atoms with Crippen LogP contribution in [0.5, 0.6) is 0 Å². The summed E-state index contributed by atoms with van der Waals surface area (Å²) in [5.74, 6) is 0. The number of hydrogen-bond donors (Lipinski definition) is 1. The second kappa shape index (κ2) is 5.27. The summed E-state index contributed by atoms with van der Waals surface area (Å²) < 4.78 is 63.0. The summed E-state index contributed by atoms with van der Waals surface area (Å²) in [6, 6.07) is 2.16. The number of halogens is 5. The maximum Gasteiger partial charge on any atom is 0.433 e. The van der Waals surface area contributed by atoms with Crippen molar-refractivity contribution in [3.8, 4) is 6.07 Å². The summed E-state index contributed by atoms with van der Waals surface area (Å²) in [6.45, 7) is -0.561. The number of pyridine rings is 1. The van der Waals surface area contributed by atoms with Crippen molar-refractivity contribution >= 4 is 0 Å². The van der Waals surface area contributed by atoms with Gasteiger partial charge in [-0.3, -0.25) is 0 Å². The van der Waals surface area contributed by atoms with Gasteiger partial charge in [0.25, 0.3) is 6.43 Å².